The number of carbonyl (C=O) groups excluding carboxylic acids is 2. The minimum absolute atomic E-state index is 0.0977. The zero-order chi connectivity index (χ0) is 15.9. The zero-order valence-electron chi connectivity index (χ0n) is 11.3. The Labute approximate surface area is 131 Å². The zero-order valence-corrected chi connectivity index (χ0v) is 12.1. The summed E-state index contributed by atoms with van der Waals surface area (Å²) in [6.07, 6.45) is 1.13. The maximum atomic E-state index is 11.7. The van der Waals surface area contributed by atoms with E-state index in [2.05, 4.69) is 5.32 Å². The van der Waals surface area contributed by atoms with Crippen LogP contribution in [0, 0.1) is 11.3 Å². The Kier molecular flexibility index (Phi) is 5.22. The lowest BCUT2D eigenvalue weighted by Crippen LogP contribution is -2.24. The fraction of sp³-hybridized carbons (Fsp3) is 0.214. The first kappa shape index (κ1) is 15.7. The average Bonchev–Trinajstić information content (AvgIpc) is 2.53. The van der Waals surface area contributed by atoms with Crippen LogP contribution in [0.3, 0.4) is 0 Å². The first-order chi connectivity index (χ1) is 10.6. The van der Waals surface area contributed by atoms with Crippen LogP contribution >= 0.6 is 11.6 Å². The van der Waals surface area contributed by atoms with E-state index in [1.54, 1.807) is 0 Å². The number of hydrogen-bond acceptors (Lipinski definition) is 6. The fourth-order valence-corrected chi connectivity index (χ4v) is 1.75. The summed E-state index contributed by atoms with van der Waals surface area (Å²) >= 11 is 5.80. The van der Waals surface area contributed by atoms with E-state index in [4.69, 9.17) is 31.1 Å². The summed E-state index contributed by atoms with van der Waals surface area (Å²) in [7, 11) is 0. The molecule has 114 valence electrons. The molecule has 0 aromatic heterocycles. The molecular weight excluding hydrogens is 312 g/mol. The predicted octanol–water partition coefficient (Wildman–Crippen LogP) is 1.58. The van der Waals surface area contributed by atoms with Crippen molar-refractivity contribution in [2.45, 2.75) is 0 Å². The second-order valence-electron chi connectivity index (χ2n) is 4.13. The van der Waals surface area contributed by atoms with Crippen LogP contribution in [0.1, 0.15) is 5.56 Å². The van der Waals surface area contributed by atoms with Gasteiger partial charge in [-0.3, -0.25) is 4.79 Å². The molecule has 1 amide bonds. The lowest BCUT2D eigenvalue weighted by atomic mass is 10.2. The molecule has 0 saturated carbocycles. The van der Waals surface area contributed by atoms with Crippen LogP contribution in [0.2, 0.25) is 5.02 Å². The van der Waals surface area contributed by atoms with Gasteiger partial charge in [0.05, 0.1) is 11.3 Å². The molecule has 2 rings (SSSR count). The quantitative estimate of drug-likeness (QED) is 0.845. The Hall–Kier alpha value is -2.72. The van der Waals surface area contributed by atoms with Gasteiger partial charge in [-0.05, 0) is 18.2 Å². The molecule has 0 aliphatic carbocycles. The minimum atomic E-state index is -0.804. The molecule has 8 heteroatoms. The van der Waals surface area contributed by atoms with Gasteiger partial charge in [0.25, 0.3) is 5.91 Å². The Morgan fingerprint density at radius 1 is 1.41 bits per heavy atom. The van der Waals surface area contributed by atoms with E-state index < -0.39 is 18.5 Å². The van der Waals surface area contributed by atoms with Crippen LogP contribution in [0.25, 0.3) is 0 Å². The highest BCUT2D eigenvalue weighted by Gasteiger charge is 2.18. The SMILES string of the molecule is N#Cc1ccc(Cl)cc1NC(=O)COC(=O)C1=COCCO1. The first-order valence-corrected chi connectivity index (χ1v) is 6.59. The number of nitrogens with one attached hydrogen (secondary N) is 1. The number of hydrogen-bond donors (Lipinski definition) is 1. The summed E-state index contributed by atoms with van der Waals surface area (Å²) in [5.41, 5.74) is 0.489. The number of ether oxygens (including phenoxy) is 3. The Bertz CT molecular complexity index is 666. The normalized spacial score (nSPS) is 13.0. The number of benzene rings is 1. The van der Waals surface area contributed by atoms with Gasteiger partial charge in [0, 0.05) is 5.02 Å². The third-order valence-corrected chi connectivity index (χ3v) is 2.80. The number of halogens is 1. The van der Waals surface area contributed by atoms with Gasteiger partial charge in [-0.15, -0.1) is 0 Å². The number of carbonyl (C=O) groups is 2. The molecule has 1 aromatic carbocycles. The fourth-order valence-electron chi connectivity index (χ4n) is 1.58. The van der Waals surface area contributed by atoms with Crippen molar-refractivity contribution < 1.29 is 23.8 Å². The minimum Gasteiger partial charge on any atom is -0.493 e. The molecule has 0 bridgehead atoms. The summed E-state index contributed by atoms with van der Waals surface area (Å²) in [4.78, 5) is 23.3. The second kappa shape index (κ2) is 7.33. The van der Waals surface area contributed by atoms with Crippen LogP contribution in [0.5, 0.6) is 0 Å². The van der Waals surface area contributed by atoms with Gasteiger partial charge < -0.3 is 19.5 Å². The molecule has 1 aliphatic heterocycles. The van der Waals surface area contributed by atoms with Gasteiger partial charge in [0.15, 0.2) is 6.61 Å². The molecule has 0 unspecified atom stereocenters. The summed E-state index contributed by atoms with van der Waals surface area (Å²) in [6, 6.07) is 6.35. The van der Waals surface area contributed by atoms with E-state index in [9.17, 15) is 9.59 Å². The molecule has 0 spiro atoms. The van der Waals surface area contributed by atoms with Gasteiger partial charge in [-0.25, -0.2) is 4.79 Å². The van der Waals surface area contributed by atoms with E-state index in [-0.39, 0.29) is 23.6 Å². The average molecular weight is 323 g/mol. The number of anilines is 1. The Morgan fingerprint density at radius 2 is 2.23 bits per heavy atom. The number of esters is 1. The monoisotopic (exact) mass is 322 g/mol. The van der Waals surface area contributed by atoms with Gasteiger partial charge in [-0.2, -0.15) is 5.26 Å². The third kappa shape index (κ3) is 4.14. The maximum Gasteiger partial charge on any atom is 0.377 e. The van der Waals surface area contributed by atoms with Crippen LogP contribution in [-0.4, -0.2) is 31.7 Å². The number of nitrogens with zero attached hydrogens (tertiary/aromatic N) is 1. The van der Waals surface area contributed by atoms with Crippen LogP contribution in [0.4, 0.5) is 5.69 Å². The smallest absolute Gasteiger partial charge is 0.377 e. The molecule has 1 aromatic rings. The molecule has 22 heavy (non-hydrogen) atoms. The van der Waals surface area contributed by atoms with Crippen molar-refractivity contribution in [1.29, 1.82) is 5.26 Å². The van der Waals surface area contributed by atoms with Gasteiger partial charge in [0.1, 0.15) is 25.5 Å². The van der Waals surface area contributed by atoms with Gasteiger partial charge >= 0.3 is 5.97 Å². The first-order valence-electron chi connectivity index (χ1n) is 6.21. The highest BCUT2D eigenvalue weighted by Crippen LogP contribution is 2.20. The third-order valence-electron chi connectivity index (χ3n) is 2.56. The largest absolute Gasteiger partial charge is 0.493 e. The van der Waals surface area contributed by atoms with Crippen LogP contribution < -0.4 is 5.32 Å². The van der Waals surface area contributed by atoms with Crippen LogP contribution in [-0.2, 0) is 23.8 Å². The highest BCUT2D eigenvalue weighted by molar-refractivity contribution is 6.31. The van der Waals surface area contributed by atoms with Crippen molar-refractivity contribution in [3.05, 3.63) is 40.8 Å². The summed E-state index contributed by atoms with van der Waals surface area (Å²) in [5.74, 6) is -1.51. The van der Waals surface area contributed by atoms with E-state index in [0.29, 0.717) is 11.6 Å². The highest BCUT2D eigenvalue weighted by atomic mass is 35.5. The molecule has 0 saturated heterocycles. The van der Waals surface area contributed by atoms with E-state index in [1.807, 2.05) is 6.07 Å². The number of rotatable bonds is 4. The van der Waals surface area contributed by atoms with E-state index in [1.165, 1.54) is 18.2 Å². The van der Waals surface area contributed by atoms with E-state index in [0.717, 1.165) is 6.26 Å². The summed E-state index contributed by atoms with van der Waals surface area (Å²) in [5, 5.41) is 11.8. The lowest BCUT2D eigenvalue weighted by molar-refractivity contribution is -0.148. The van der Waals surface area contributed by atoms with Crippen molar-refractivity contribution in [2.75, 3.05) is 25.1 Å². The molecule has 1 aliphatic rings. The molecule has 7 nitrogen and oxygen atoms in total. The maximum absolute atomic E-state index is 11.7. The Balaban J connectivity index is 1.91. The second-order valence-corrected chi connectivity index (χ2v) is 4.56. The number of nitriles is 1. The molecule has 0 fully saturated rings. The molecule has 0 atom stereocenters. The molecule has 0 radical (unpaired) electrons. The van der Waals surface area contributed by atoms with Gasteiger partial charge in [0.2, 0.25) is 5.76 Å². The topological polar surface area (TPSA) is 97.7 Å². The van der Waals surface area contributed by atoms with E-state index >= 15 is 0 Å². The van der Waals surface area contributed by atoms with Crippen molar-refractivity contribution in [3.8, 4) is 6.07 Å². The van der Waals surface area contributed by atoms with Crippen molar-refractivity contribution in [3.63, 3.8) is 0 Å². The Morgan fingerprint density at radius 3 is 2.91 bits per heavy atom. The molecule has 1 N–H and O–H groups in total. The summed E-state index contributed by atoms with van der Waals surface area (Å²) in [6.45, 7) is 0.0566. The van der Waals surface area contributed by atoms with Crippen molar-refractivity contribution in [2.24, 2.45) is 0 Å². The van der Waals surface area contributed by atoms with Crippen molar-refractivity contribution >= 4 is 29.2 Å². The lowest BCUT2D eigenvalue weighted by Gasteiger charge is -2.14. The van der Waals surface area contributed by atoms with Crippen LogP contribution in [0.15, 0.2) is 30.2 Å². The number of amides is 1. The molecular formula is C14H11ClN2O5. The summed E-state index contributed by atoms with van der Waals surface area (Å²) < 4.78 is 14.7. The molecule has 1 heterocycles. The van der Waals surface area contributed by atoms with Crippen molar-refractivity contribution in [1.82, 2.24) is 0 Å². The standard InChI is InChI=1S/C14H11ClN2O5/c15-10-2-1-9(6-16)11(5-10)17-13(18)8-22-14(19)12-7-20-3-4-21-12/h1-2,5,7H,3-4,8H2,(H,17,18). The van der Waals surface area contributed by atoms with Gasteiger partial charge in [-0.1, -0.05) is 11.6 Å². The predicted molar refractivity (Wildman–Crippen MR) is 75.7 cm³/mol.